The summed E-state index contributed by atoms with van der Waals surface area (Å²) in [5, 5.41) is 6.92. The maximum absolute atomic E-state index is 6.23. The van der Waals surface area contributed by atoms with E-state index in [9.17, 15) is 0 Å². The van der Waals surface area contributed by atoms with Crippen LogP contribution in [0, 0.1) is 0 Å². The van der Waals surface area contributed by atoms with Gasteiger partial charge >= 0.3 is 0 Å². The van der Waals surface area contributed by atoms with Gasteiger partial charge in [0.25, 0.3) is 0 Å². The minimum atomic E-state index is 0.0351. The number of rotatable bonds is 5. The van der Waals surface area contributed by atoms with E-state index in [1.54, 1.807) is 23.7 Å². The summed E-state index contributed by atoms with van der Waals surface area (Å²) in [6, 6.07) is 3.89. The molecular weight excluding hydrogens is 287 g/mol. The summed E-state index contributed by atoms with van der Waals surface area (Å²) in [7, 11) is 0. The molecule has 0 aromatic carbocycles. The minimum absolute atomic E-state index is 0.0351. The van der Waals surface area contributed by atoms with Crippen LogP contribution in [0.25, 0.3) is 0 Å². The number of thiophene rings is 1. The van der Waals surface area contributed by atoms with Crippen molar-refractivity contribution < 1.29 is 0 Å². The second kappa shape index (κ2) is 6.53. The molecule has 1 unspecified atom stereocenters. The minimum Gasteiger partial charge on any atom is -0.306 e. The molecule has 96 valence electrons. The second-order valence-electron chi connectivity index (χ2n) is 3.92. The fourth-order valence-electron chi connectivity index (χ4n) is 1.76. The van der Waals surface area contributed by atoms with Gasteiger partial charge < -0.3 is 5.32 Å². The van der Waals surface area contributed by atoms with Crippen molar-refractivity contribution in [1.29, 1.82) is 0 Å². The first-order valence-corrected chi connectivity index (χ1v) is 7.43. The number of halogens is 2. The third-order valence-corrected chi connectivity index (χ3v) is 4.36. The molecule has 18 heavy (non-hydrogen) atoms. The summed E-state index contributed by atoms with van der Waals surface area (Å²) in [6.07, 6.45) is 4.48. The monoisotopic (exact) mass is 300 g/mol. The Balaban J connectivity index is 2.37. The molecule has 0 saturated carbocycles. The van der Waals surface area contributed by atoms with E-state index < -0.39 is 0 Å². The molecule has 0 bridgehead atoms. The Morgan fingerprint density at radius 3 is 2.78 bits per heavy atom. The number of hydrogen-bond acceptors (Lipinski definition) is 3. The Morgan fingerprint density at radius 2 is 2.17 bits per heavy atom. The Labute approximate surface area is 121 Å². The number of nitrogens with zero attached hydrogens (tertiary/aromatic N) is 1. The van der Waals surface area contributed by atoms with Crippen LogP contribution in [0.1, 0.15) is 29.8 Å². The largest absolute Gasteiger partial charge is 0.306 e. The van der Waals surface area contributed by atoms with Gasteiger partial charge in [-0.15, -0.1) is 11.3 Å². The smallest absolute Gasteiger partial charge is 0.0701 e. The van der Waals surface area contributed by atoms with Crippen LogP contribution < -0.4 is 5.32 Å². The summed E-state index contributed by atoms with van der Waals surface area (Å²) in [5.41, 5.74) is 1.02. The fraction of sp³-hybridized carbons (Fsp3) is 0.308. The van der Waals surface area contributed by atoms with Crippen molar-refractivity contribution in [1.82, 2.24) is 10.3 Å². The predicted octanol–water partition coefficient (Wildman–Crippen LogP) is 4.54. The lowest BCUT2D eigenvalue weighted by atomic mass is 10.1. The van der Waals surface area contributed by atoms with Crippen LogP contribution >= 0.6 is 34.5 Å². The SMILES string of the molecule is CCCNC(c1ccncc1Cl)c1sccc1Cl. The molecule has 0 radical (unpaired) electrons. The fourth-order valence-corrected chi connectivity index (χ4v) is 3.25. The van der Waals surface area contributed by atoms with Gasteiger partial charge in [-0.05, 0) is 36.0 Å². The average Bonchev–Trinajstić information content (AvgIpc) is 2.78. The average molecular weight is 301 g/mol. The van der Waals surface area contributed by atoms with Crippen LogP contribution in [0.4, 0.5) is 0 Å². The molecule has 5 heteroatoms. The zero-order chi connectivity index (χ0) is 13.0. The molecule has 2 aromatic rings. The van der Waals surface area contributed by atoms with E-state index in [2.05, 4.69) is 17.2 Å². The molecule has 0 amide bonds. The van der Waals surface area contributed by atoms with Gasteiger partial charge in [-0.25, -0.2) is 0 Å². The molecule has 0 fully saturated rings. The van der Waals surface area contributed by atoms with Crippen molar-refractivity contribution >= 4 is 34.5 Å². The number of nitrogens with one attached hydrogen (secondary N) is 1. The van der Waals surface area contributed by atoms with Gasteiger partial charge in [0.2, 0.25) is 0 Å². The molecule has 2 aromatic heterocycles. The van der Waals surface area contributed by atoms with E-state index >= 15 is 0 Å². The van der Waals surface area contributed by atoms with E-state index in [1.807, 2.05) is 17.5 Å². The quantitative estimate of drug-likeness (QED) is 0.877. The maximum atomic E-state index is 6.23. The first-order valence-electron chi connectivity index (χ1n) is 5.79. The van der Waals surface area contributed by atoms with Gasteiger partial charge in [0, 0.05) is 17.3 Å². The van der Waals surface area contributed by atoms with Crippen molar-refractivity contribution in [2.75, 3.05) is 6.54 Å². The Bertz CT molecular complexity index is 513. The number of aromatic nitrogens is 1. The van der Waals surface area contributed by atoms with E-state index in [0.717, 1.165) is 28.4 Å². The molecule has 1 N–H and O–H groups in total. The first kappa shape index (κ1) is 13.8. The summed E-state index contributed by atoms with van der Waals surface area (Å²) >= 11 is 14.1. The van der Waals surface area contributed by atoms with Crippen LogP contribution in [0.2, 0.25) is 10.0 Å². The van der Waals surface area contributed by atoms with E-state index in [-0.39, 0.29) is 6.04 Å². The molecule has 1 atom stereocenters. The molecule has 2 heterocycles. The molecule has 2 nitrogen and oxygen atoms in total. The van der Waals surface area contributed by atoms with Crippen molar-refractivity contribution in [2.24, 2.45) is 0 Å². The third kappa shape index (κ3) is 3.04. The lowest BCUT2D eigenvalue weighted by Crippen LogP contribution is -2.23. The van der Waals surface area contributed by atoms with Gasteiger partial charge in [-0.1, -0.05) is 30.1 Å². The Kier molecular flexibility index (Phi) is 5.01. The highest BCUT2D eigenvalue weighted by molar-refractivity contribution is 7.10. The van der Waals surface area contributed by atoms with E-state index in [1.165, 1.54) is 0 Å². The Morgan fingerprint density at radius 1 is 1.33 bits per heavy atom. The summed E-state index contributed by atoms with van der Waals surface area (Å²) in [4.78, 5) is 5.12. The van der Waals surface area contributed by atoms with Crippen molar-refractivity contribution in [3.05, 3.63) is 50.4 Å². The lowest BCUT2D eigenvalue weighted by Gasteiger charge is -2.19. The van der Waals surface area contributed by atoms with Crippen molar-refractivity contribution in [3.8, 4) is 0 Å². The topological polar surface area (TPSA) is 24.9 Å². The van der Waals surface area contributed by atoms with E-state index in [0.29, 0.717) is 5.02 Å². The lowest BCUT2D eigenvalue weighted by molar-refractivity contribution is 0.605. The third-order valence-electron chi connectivity index (χ3n) is 2.62. The van der Waals surface area contributed by atoms with Crippen LogP contribution in [-0.4, -0.2) is 11.5 Å². The van der Waals surface area contributed by atoms with Gasteiger partial charge in [-0.3, -0.25) is 4.98 Å². The summed E-state index contributed by atoms with van der Waals surface area (Å²) < 4.78 is 0. The standard InChI is InChI=1S/C13H14Cl2N2S/c1-2-5-17-12(13-10(14)4-7-18-13)9-3-6-16-8-11(9)15/h3-4,6-8,12,17H,2,5H2,1H3. The van der Waals surface area contributed by atoms with Crippen molar-refractivity contribution in [2.45, 2.75) is 19.4 Å². The van der Waals surface area contributed by atoms with Crippen LogP contribution in [0.5, 0.6) is 0 Å². The second-order valence-corrected chi connectivity index (χ2v) is 5.68. The van der Waals surface area contributed by atoms with Crippen LogP contribution in [-0.2, 0) is 0 Å². The number of hydrogen-bond donors (Lipinski definition) is 1. The molecule has 0 spiro atoms. The number of pyridine rings is 1. The maximum Gasteiger partial charge on any atom is 0.0701 e. The van der Waals surface area contributed by atoms with Crippen molar-refractivity contribution in [3.63, 3.8) is 0 Å². The summed E-state index contributed by atoms with van der Waals surface area (Å²) in [5.74, 6) is 0. The van der Waals surface area contributed by atoms with Gasteiger partial charge in [-0.2, -0.15) is 0 Å². The summed E-state index contributed by atoms with van der Waals surface area (Å²) in [6.45, 7) is 3.05. The predicted molar refractivity (Wildman–Crippen MR) is 78.7 cm³/mol. The highest BCUT2D eigenvalue weighted by Crippen LogP contribution is 2.35. The Hall–Kier alpha value is -0.610. The molecule has 2 rings (SSSR count). The first-order chi connectivity index (χ1) is 8.74. The van der Waals surface area contributed by atoms with Gasteiger partial charge in [0.05, 0.1) is 16.1 Å². The highest BCUT2D eigenvalue weighted by Gasteiger charge is 2.19. The van der Waals surface area contributed by atoms with Crippen LogP contribution in [0.3, 0.4) is 0 Å². The zero-order valence-electron chi connectivity index (χ0n) is 9.99. The van der Waals surface area contributed by atoms with Gasteiger partial charge in [0.15, 0.2) is 0 Å². The normalized spacial score (nSPS) is 12.6. The van der Waals surface area contributed by atoms with Gasteiger partial charge in [0.1, 0.15) is 0 Å². The molecule has 0 aliphatic heterocycles. The molecular formula is C13H14Cl2N2S. The molecule has 0 aliphatic rings. The van der Waals surface area contributed by atoms with E-state index in [4.69, 9.17) is 23.2 Å². The highest BCUT2D eigenvalue weighted by atomic mass is 35.5. The van der Waals surface area contributed by atoms with Crippen LogP contribution in [0.15, 0.2) is 29.9 Å². The molecule has 0 saturated heterocycles. The molecule has 0 aliphatic carbocycles. The zero-order valence-corrected chi connectivity index (χ0v) is 12.3.